The molecule has 114 valence electrons. The molecule has 0 aliphatic carbocycles. The molecular formula is C15H19ClN2O3. The molecule has 2 N–H and O–H groups in total. The lowest BCUT2D eigenvalue weighted by atomic mass is 10.0. The number of piperidine rings is 1. The lowest BCUT2D eigenvalue weighted by molar-refractivity contribution is -0.120. The van der Waals surface area contributed by atoms with Crippen LogP contribution in [0.25, 0.3) is 0 Å². The number of carboxylic acids is 1. The summed E-state index contributed by atoms with van der Waals surface area (Å²) in [7, 11) is 0. The van der Waals surface area contributed by atoms with Crippen LogP contribution in [0.3, 0.4) is 0 Å². The lowest BCUT2D eigenvalue weighted by Gasteiger charge is -2.33. The van der Waals surface area contributed by atoms with Crippen LogP contribution in [-0.4, -0.2) is 41.0 Å². The van der Waals surface area contributed by atoms with E-state index < -0.39 is 5.97 Å². The molecule has 1 aromatic rings. The van der Waals surface area contributed by atoms with E-state index in [9.17, 15) is 14.7 Å². The van der Waals surface area contributed by atoms with Crippen molar-refractivity contribution in [2.75, 3.05) is 13.1 Å². The highest BCUT2D eigenvalue weighted by Crippen LogP contribution is 2.23. The third-order valence-corrected chi connectivity index (χ3v) is 4.00. The normalized spacial score (nSPS) is 19.2. The Bertz CT molecular complexity index is 548. The molecule has 21 heavy (non-hydrogen) atoms. The van der Waals surface area contributed by atoms with Gasteiger partial charge in [0, 0.05) is 31.1 Å². The van der Waals surface area contributed by atoms with Crippen LogP contribution in [0.2, 0.25) is 5.02 Å². The fourth-order valence-corrected chi connectivity index (χ4v) is 2.98. The standard InChI is InChI=1S/C15H19ClN2O3/c1-10(19)17-11-4-3-7-18(8-11)9-13-12(15(20)21)5-2-6-14(13)16/h2,5-6,11H,3-4,7-9H2,1H3,(H,17,19)(H,20,21). The molecule has 1 heterocycles. The highest BCUT2D eigenvalue weighted by molar-refractivity contribution is 6.31. The quantitative estimate of drug-likeness (QED) is 0.894. The average molecular weight is 311 g/mol. The molecule has 0 bridgehead atoms. The first-order valence-corrected chi connectivity index (χ1v) is 7.35. The fourth-order valence-electron chi connectivity index (χ4n) is 2.75. The number of rotatable bonds is 4. The van der Waals surface area contributed by atoms with Crippen LogP contribution in [0, 0.1) is 0 Å². The zero-order valence-electron chi connectivity index (χ0n) is 11.9. The van der Waals surface area contributed by atoms with Crippen LogP contribution in [0.15, 0.2) is 18.2 Å². The van der Waals surface area contributed by atoms with Gasteiger partial charge < -0.3 is 10.4 Å². The second-order valence-corrected chi connectivity index (χ2v) is 5.75. The molecule has 5 nitrogen and oxygen atoms in total. The fraction of sp³-hybridized carbons (Fsp3) is 0.467. The van der Waals surface area contributed by atoms with Gasteiger partial charge in [0.05, 0.1) is 5.56 Å². The van der Waals surface area contributed by atoms with E-state index in [1.54, 1.807) is 18.2 Å². The molecule has 1 saturated heterocycles. The van der Waals surface area contributed by atoms with Crippen LogP contribution in [0.4, 0.5) is 0 Å². The summed E-state index contributed by atoms with van der Waals surface area (Å²) in [5.74, 6) is -1.01. The lowest BCUT2D eigenvalue weighted by Crippen LogP contribution is -2.46. The van der Waals surface area contributed by atoms with Gasteiger partial charge in [-0.05, 0) is 37.1 Å². The zero-order chi connectivity index (χ0) is 15.4. The minimum Gasteiger partial charge on any atom is -0.478 e. The van der Waals surface area contributed by atoms with Crippen molar-refractivity contribution in [1.82, 2.24) is 10.2 Å². The molecule has 0 radical (unpaired) electrons. The largest absolute Gasteiger partial charge is 0.478 e. The molecule has 0 aromatic heterocycles. The molecule has 1 fully saturated rings. The molecule has 1 aliphatic rings. The Kier molecular flexibility index (Phi) is 5.20. The zero-order valence-corrected chi connectivity index (χ0v) is 12.7. The van der Waals surface area contributed by atoms with Crippen LogP contribution in [0.5, 0.6) is 0 Å². The number of benzene rings is 1. The number of carbonyl (C=O) groups excluding carboxylic acids is 1. The van der Waals surface area contributed by atoms with Gasteiger partial charge in [0.25, 0.3) is 0 Å². The van der Waals surface area contributed by atoms with Gasteiger partial charge in [-0.3, -0.25) is 9.69 Å². The number of nitrogens with one attached hydrogen (secondary N) is 1. The number of nitrogens with zero attached hydrogens (tertiary/aromatic N) is 1. The van der Waals surface area contributed by atoms with E-state index >= 15 is 0 Å². The maximum Gasteiger partial charge on any atom is 0.336 e. The number of hydrogen-bond donors (Lipinski definition) is 2. The average Bonchev–Trinajstić information content (AvgIpc) is 2.40. The van der Waals surface area contributed by atoms with Crippen LogP contribution in [-0.2, 0) is 11.3 Å². The smallest absolute Gasteiger partial charge is 0.336 e. The van der Waals surface area contributed by atoms with Gasteiger partial charge in [-0.1, -0.05) is 17.7 Å². The maximum atomic E-state index is 11.3. The summed E-state index contributed by atoms with van der Waals surface area (Å²) in [6.45, 7) is 3.58. The van der Waals surface area contributed by atoms with Crippen LogP contribution < -0.4 is 5.32 Å². The van der Waals surface area contributed by atoms with Crippen molar-refractivity contribution in [3.63, 3.8) is 0 Å². The molecule has 1 unspecified atom stereocenters. The molecular weight excluding hydrogens is 292 g/mol. The van der Waals surface area contributed by atoms with E-state index in [1.807, 2.05) is 0 Å². The monoisotopic (exact) mass is 310 g/mol. The van der Waals surface area contributed by atoms with Crippen LogP contribution >= 0.6 is 11.6 Å². The number of carboxylic acid groups (broad SMARTS) is 1. The first-order valence-electron chi connectivity index (χ1n) is 6.97. The summed E-state index contributed by atoms with van der Waals surface area (Å²) >= 11 is 6.15. The first-order chi connectivity index (χ1) is 9.97. The number of carbonyl (C=O) groups is 2. The van der Waals surface area contributed by atoms with Crippen molar-refractivity contribution in [3.8, 4) is 0 Å². The first kappa shape index (κ1) is 15.8. The molecule has 2 rings (SSSR count). The van der Waals surface area contributed by atoms with Gasteiger partial charge in [-0.2, -0.15) is 0 Å². The maximum absolute atomic E-state index is 11.3. The predicted octanol–water partition coefficient (Wildman–Crippen LogP) is 2.14. The number of amides is 1. The van der Waals surface area contributed by atoms with Crippen molar-refractivity contribution in [3.05, 3.63) is 34.3 Å². The molecule has 0 spiro atoms. The Morgan fingerprint density at radius 2 is 2.24 bits per heavy atom. The molecule has 6 heteroatoms. The van der Waals surface area contributed by atoms with Crippen molar-refractivity contribution in [2.24, 2.45) is 0 Å². The van der Waals surface area contributed by atoms with Crippen molar-refractivity contribution < 1.29 is 14.7 Å². The summed E-state index contributed by atoms with van der Waals surface area (Å²) < 4.78 is 0. The van der Waals surface area contributed by atoms with E-state index in [0.29, 0.717) is 23.7 Å². The predicted molar refractivity (Wildman–Crippen MR) is 80.5 cm³/mol. The number of likely N-dealkylation sites (tertiary alicyclic amines) is 1. The summed E-state index contributed by atoms with van der Waals surface area (Å²) in [5, 5.41) is 12.6. The van der Waals surface area contributed by atoms with Gasteiger partial charge >= 0.3 is 5.97 Å². The SMILES string of the molecule is CC(=O)NC1CCCN(Cc2c(Cl)cccc2C(=O)O)C1. The Hall–Kier alpha value is -1.59. The van der Waals surface area contributed by atoms with Crippen molar-refractivity contribution >= 4 is 23.5 Å². The summed E-state index contributed by atoms with van der Waals surface area (Å²) in [4.78, 5) is 24.6. The molecule has 1 atom stereocenters. The van der Waals surface area contributed by atoms with Gasteiger partial charge in [0.15, 0.2) is 0 Å². The minimum atomic E-state index is -0.970. The molecule has 1 aliphatic heterocycles. The van der Waals surface area contributed by atoms with Gasteiger partial charge in [0.1, 0.15) is 0 Å². The number of aromatic carboxylic acids is 1. The summed E-state index contributed by atoms with van der Waals surface area (Å²) in [6, 6.07) is 5.04. The highest BCUT2D eigenvalue weighted by Gasteiger charge is 2.23. The molecule has 0 saturated carbocycles. The van der Waals surface area contributed by atoms with E-state index in [4.69, 9.17) is 11.6 Å². The highest BCUT2D eigenvalue weighted by atomic mass is 35.5. The van der Waals surface area contributed by atoms with E-state index in [2.05, 4.69) is 10.2 Å². The molecule has 1 amide bonds. The minimum absolute atomic E-state index is 0.0363. The van der Waals surface area contributed by atoms with Crippen molar-refractivity contribution in [1.29, 1.82) is 0 Å². The molecule has 1 aromatic carbocycles. The Balaban J connectivity index is 2.11. The second kappa shape index (κ2) is 6.91. The third kappa shape index (κ3) is 4.19. The summed E-state index contributed by atoms with van der Waals surface area (Å²) in [5.41, 5.74) is 0.874. The van der Waals surface area contributed by atoms with E-state index in [1.165, 1.54) is 6.92 Å². The topological polar surface area (TPSA) is 69.6 Å². The third-order valence-electron chi connectivity index (χ3n) is 3.64. The van der Waals surface area contributed by atoms with Gasteiger partial charge in [-0.15, -0.1) is 0 Å². The Labute approximate surface area is 128 Å². The van der Waals surface area contributed by atoms with Crippen molar-refractivity contribution in [2.45, 2.75) is 32.4 Å². The number of hydrogen-bond acceptors (Lipinski definition) is 3. The Morgan fingerprint density at radius 3 is 2.90 bits per heavy atom. The second-order valence-electron chi connectivity index (χ2n) is 5.35. The van der Waals surface area contributed by atoms with E-state index in [-0.39, 0.29) is 17.5 Å². The van der Waals surface area contributed by atoms with Crippen LogP contribution in [0.1, 0.15) is 35.7 Å². The Morgan fingerprint density at radius 1 is 1.48 bits per heavy atom. The number of halogens is 1. The van der Waals surface area contributed by atoms with Gasteiger partial charge in [-0.25, -0.2) is 4.79 Å². The van der Waals surface area contributed by atoms with Gasteiger partial charge in [0.2, 0.25) is 5.91 Å². The summed E-state index contributed by atoms with van der Waals surface area (Å²) in [6.07, 6.45) is 1.92. The van der Waals surface area contributed by atoms with E-state index in [0.717, 1.165) is 19.4 Å².